The van der Waals surface area contributed by atoms with Gasteiger partial charge in [0.2, 0.25) is 6.79 Å². The predicted molar refractivity (Wildman–Crippen MR) is 157 cm³/mol. The van der Waals surface area contributed by atoms with E-state index in [1.807, 2.05) is 79.9 Å². The van der Waals surface area contributed by atoms with E-state index in [0.29, 0.717) is 47.8 Å². The highest BCUT2D eigenvalue weighted by atomic mass is 79.9. The molecule has 0 atom stereocenters. The topological polar surface area (TPSA) is 74.2 Å². The summed E-state index contributed by atoms with van der Waals surface area (Å²) in [5.41, 5.74) is 3.00. The number of carbonyl (C=O) groups is 1. The van der Waals surface area contributed by atoms with Crippen molar-refractivity contribution >= 4 is 61.8 Å². The molecule has 1 N–H and O–H groups in total. The van der Waals surface area contributed by atoms with Crippen LogP contribution in [0.25, 0.3) is 17.0 Å². The third kappa shape index (κ3) is 5.05. The molecule has 0 spiro atoms. The number of hydrogen-bond acceptors (Lipinski definition) is 6. The number of carbonyl (C=O) groups excluding carboxylic acids is 1. The molecule has 2 aliphatic rings. The Hall–Kier alpha value is -4.02. The zero-order valence-electron chi connectivity index (χ0n) is 21.0. The van der Waals surface area contributed by atoms with E-state index in [-0.39, 0.29) is 12.7 Å². The van der Waals surface area contributed by atoms with Gasteiger partial charge in [-0.05, 0) is 79.8 Å². The quantitative estimate of drug-likeness (QED) is 0.199. The summed E-state index contributed by atoms with van der Waals surface area (Å²) in [5, 5.41) is 4.42. The van der Waals surface area contributed by atoms with Gasteiger partial charge in [0.15, 0.2) is 16.6 Å². The van der Waals surface area contributed by atoms with Gasteiger partial charge in [-0.1, -0.05) is 15.9 Å². The van der Waals surface area contributed by atoms with Gasteiger partial charge in [0.25, 0.3) is 5.91 Å². The number of amides is 1. The number of rotatable bonds is 8. The number of thiocarbonyl (C=S) groups is 1. The molecule has 8 nitrogen and oxygen atoms in total. The molecule has 0 unspecified atom stereocenters. The summed E-state index contributed by atoms with van der Waals surface area (Å²) in [6.07, 6.45) is 3.86. The van der Waals surface area contributed by atoms with E-state index < -0.39 is 0 Å². The van der Waals surface area contributed by atoms with Gasteiger partial charge in [-0.3, -0.25) is 9.69 Å². The number of halogens is 1. The largest absolute Gasteiger partial charge is 0.494 e. The highest BCUT2D eigenvalue weighted by Gasteiger charge is 2.32. The number of benzene rings is 3. The summed E-state index contributed by atoms with van der Waals surface area (Å²) in [4.78, 5) is 14.9. The maximum Gasteiger partial charge on any atom is 0.281 e. The van der Waals surface area contributed by atoms with Gasteiger partial charge >= 0.3 is 0 Å². The van der Waals surface area contributed by atoms with Crippen molar-refractivity contribution in [2.45, 2.75) is 13.5 Å². The van der Waals surface area contributed by atoms with Crippen LogP contribution in [-0.4, -0.2) is 35.6 Å². The summed E-state index contributed by atoms with van der Waals surface area (Å²) in [7, 11) is 0. The van der Waals surface area contributed by atoms with E-state index in [2.05, 4.69) is 25.8 Å². The van der Waals surface area contributed by atoms with Crippen molar-refractivity contribution in [1.29, 1.82) is 0 Å². The van der Waals surface area contributed by atoms with Crippen molar-refractivity contribution in [3.05, 3.63) is 82.6 Å². The predicted octanol–water partition coefficient (Wildman–Crippen LogP) is 5.87. The summed E-state index contributed by atoms with van der Waals surface area (Å²) < 4.78 is 25.4. The van der Waals surface area contributed by atoms with Crippen LogP contribution in [0.4, 0.5) is 5.69 Å². The first-order valence-corrected chi connectivity index (χ1v) is 13.6. The lowest BCUT2D eigenvalue weighted by atomic mass is 10.1. The molecule has 4 aromatic rings. The van der Waals surface area contributed by atoms with Gasteiger partial charge in [-0.15, -0.1) is 0 Å². The molecule has 0 radical (unpaired) electrons. The molecule has 2 aliphatic heterocycles. The molecule has 10 heteroatoms. The fourth-order valence-corrected chi connectivity index (χ4v) is 5.27. The summed E-state index contributed by atoms with van der Waals surface area (Å²) in [6, 6.07) is 18.9. The van der Waals surface area contributed by atoms with Crippen molar-refractivity contribution in [2.24, 2.45) is 0 Å². The Kier molecular flexibility index (Phi) is 6.88. The standard InChI is InChI=1S/C29H24BrN3O5S/c1-2-35-21-6-4-20(5-7-21)33-28(34)24(31-29(33)39)13-18-16-32(25-9-3-19(30)14-23(18)25)11-12-36-22-8-10-26-27(15-22)38-17-37-26/h3-10,13-16H,2,11-12,17H2,1H3,(H,31,39)/b24-13-. The number of nitrogens with zero attached hydrogens (tertiary/aromatic N) is 2. The number of ether oxygens (including phenoxy) is 4. The minimum Gasteiger partial charge on any atom is -0.494 e. The maximum absolute atomic E-state index is 13.4. The van der Waals surface area contributed by atoms with Crippen LogP contribution < -0.4 is 29.2 Å². The normalized spacial score (nSPS) is 15.3. The summed E-state index contributed by atoms with van der Waals surface area (Å²) >= 11 is 9.08. The molecule has 39 heavy (non-hydrogen) atoms. The highest BCUT2D eigenvalue weighted by molar-refractivity contribution is 9.10. The minimum atomic E-state index is -0.216. The van der Waals surface area contributed by atoms with Crippen molar-refractivity contribution in [3.63, 3.8) is 0 Å². The van der Waals surface area contributed by atoms with E-state index in [0.717, 1.165) is 32.4 Å². The molecule has 6 rings (SSSR count). The molecule has 3 aromatic carbocycles. The van der Waals surface area contributed by atoms with Gasteiger partial charge in [0.05, 0.1) is 18.8 Å². The van der Waals surface area contributed by atoms with Crippen LogP contribution in [0.5, 0.6) is 23.0 Å². The SMILES string of the molecule is CCOc1ccc(N2C(=O)/C(=C/c3cn(CCOc4ccc5c(c4)OCO5)c4ccc(Br)cc34)NC2=S)cc1. The third-order valence-corrected chi connectivity index (χ3v) is 7.18. The molecular formula is C29H24BrN3O5S. The average molecular weight is 606 g/mol. The first-order valence-electron chi connectivity index (χ1n) is 12.4. The number of anilines is 1. The van der Waals surface area contributed by atoms with Crippen molar-refractivity contribution in [2.75, 3.05) is 24.9 Å². The van der Waals surface area contributed by atoms with E-state index in [1.165, 1.54) is 4.90 Å². The summed E-state index contributed by atoms with van der Waals surface area (Å²) in [5.74, 6) is 2.64. The number of aromatic nitrogens is 1. The van der Waals surface area contributed by atoms with Crippen molar-refractivity contribution in [1.82, 2.24) is 9.88 Å². The second-order valence-corrected chi connectivity index (χ2v) is 10.2. The fraction of sp³-hybridized carbons (Fsp3) is 0.172. The first kappa shape index (κ1) is 25.3. The van der Waals surface area contributed by atoms with Crippen molar-refractivity contribution in [3.8, 4) is 23.0 Å². The van der Waals surface area contributed by atoms with Crippen LogP contribution in [0.3, 0.4) is 0 Å². The molecular weight excluding hydrogens is 582 g/mol. The molecule has 1 fully saturated rings. The molecule has 1 amide bonds. The van der Waals surface area contributed by atoms with Crippen LogP contribution in [0.1, 0.15) is 12.5 Å². The van der Waals surface area contributed by atoms with E-state index >= 15 is 0 Å². The Balaban J connectivity index is 1.23. The second kappa shape index (κ2) is 10.6. The van der Waals surface area contributed by atoms with Crippen LogP contribution in [-0.2, 0) is 11.3 Å². The van der Waals surface area contributed by atoms with Gasteiger partial charge in [-0.25, -0.2) is 0 Å². The van der Waals surface area contributed by atoms with E-state index in [9.17, 15) is 4.79 Å². The first-order chi connectivity index (χ1) is 19.0. The molecule has 1 aromatic heterocycles. The van der Waals surface area contributed by atoms with Crippen LogP contribution in [0.2, 0.25) is 0 Å². The average Bonchev–Trinajstić information content (AvgIpc) is 3.61. The Morgan fingerprint density at radius 3 is 2.64 bits per heavy atom. The zero-order valence-corrected chi connectivity index (χ0v) is 23.4. The highest BCUT2D eigenvalue weighted by Crippen LogP contribution is 2.35. The Labute approximate surface area is 238 Å². The number of nitrogens with one attached hydrogen (secondary N) is 1. The smallest absolute Gasteiger partial charge is 0.281 e. The van der Waals surface area contributed by atoms with Gasteiger partial charge in [0, 0.05) is 33.2 Å². The number of hydrogen-bond donors (Lipinski definition) is 1. The van der Waals surface area contributed by atoms with Crippen molar-refractivity contribution < 1.29 is 23.7 Å². The molecule has 0 aliphatic carbocycles. The second-order valence-electron chi connectivity index (χ2n) is 8.86. The Morgan fingerprint density at radius 1 is 1.03 bits per heavy atom. The Bertz CT molecular complexity index is 1620. The lowest BCUT2D eigenvalue weighted by Crippen LogP contribution is -2.30. The van der Waals surface area contributed by atoms with Crippen LogP contribution in [0, 0.1) is 0 Å². The zero-order chi connectivity index (χ0) is 26.9. The van der Waals surface area contributed by atoms with Crippen LogP contribution >= 0.6 is 28.1 Å². The maximum atomic E-state index is 13.4. The van der Waals surface area contributed by atoms with Crippen LogP contribution in [0.15, 0.2) is 77.0 Å². The molecule has 198 valence electrons. The molecule has 1 saturated heterocycles. The third-order valence-electron chi connectivity index (χ3n) is 6.40. The fourth-order valence-electron chi connectivity index (χ4n) is 4.61. The summed E-state index contributed by atoms with van der Waals surface area (Å²) in [6.45, 7) is 3.78. The molecule has 0 saturated carbocycles. The van der Waals surface area contributed by atoms with Gasteiger partial charge in [0.1, 0.15) is 23.8 Å². The lowest BCUT2D eigenvalue weighted by molar-refractivity contribution is -0.113. The van der Waals surface area contributed by atoms with E-state index in [4.69, 9.17) is 31.2 Å². The minimum absolute atomic E-state index is 0.216. The van der Waals surface area contributed by atoms with E-state index in [1.54, 1.807) is 0 Å². The van der Waals surface area contributed by atoms with Gasteiger partial charge < -0.3 is 28.8 Å². The lowest BCUT2D eigenvalue weighted by Gasteiger charge is -2.14. The molecule has 3 heterocycles. The molecule has 0 bridgehead atoms. The Morgan fingerprint density at radius 2 is 1.82 bits per heavy atom. The monoisotopic (exact) mass is 605 g/mol. The van der Waals surface area contributed by atoms with Gasteiger partial charge in [-0.2, -0.15) is 0 Å². The number of fused-ring (bicyclic) bond motifs is 2.